The fraction of sp³-hybridized carbons (Fsp3) is 0.706. The van der Waals surface area contributed by atoms with Crippen molar-refractivity contribution in [1.29, 1.82) is 0 Å². The lowest BCUT2D eigenvalue weighted by molar-refractivity contribution is 0.0678. The van der Waals surface area contributed by atoms with E-state index in [4.69, 9.17) is 4.42 Å². The number of piperidine rings is 1. The first-order valence-corrected chi connectivity index (χ1v) is 8.53. The molecule has 1 saturated carbocycles. The maximum absolute atomic E-state index is 12.0. The maximum atomic E-state index is 12.0. The second-order valence-electron chi connectivity index (χ2n) is 6.68. The molecule has 2 unspecified atom stereocenters. The van der Waals surface area contributed by atoms with Gasteiger partial charge in [-0.15, -0.1) is 0 Å². The molecule has 1 saturated heterocycles. The summed E-state index contributed by atoms with van der Waals surface area (Å²) < 4.78 is 5.22. The molecule has 0 spiro atoms. The Kier molecular flexibility index (Phi) is 5.03. The van der Waals surface area contributed by atoms with E-state index in [1.807, 2.05) is 12.1 Å². The maximum Gasteiger partial charge on any atom is 0.315 e. The van der Waals surface area contributed by atoms with Crippen molar-refractivity contribution in [2.45, 2.75) is 57.7 Å². The zero-order valence-corrected chi connectivity index (χ0v) is 13.4. The smallest absolute Gasteiger partial charge is 0.315 e. The van der Waals surface area contributed by atoms with E-state index in [1.54, 1.807) is 6.26 Å². The molecule has 0 radical (unpaired) electrons. The predicted molar refractivity (Wildman–Crippen MR) is 85.5 cm³/mol. The number of hydrogen-bond donors (Lipinski definition) is 2. The van der Waals surface area contributed by atoms with E-state index in [9.17, 15) is 4.79 Å². The number of nitrogens with one attached hydrogen (secondary N) is 2. The zero-order valence-electron chi connectivity index (χ0n) is 13.4. The minimum Gasteiger partial charge on any atom is -0.467 e. The highest BCUT2D eigenvalue weighted by molar-refractivity contribution is 5.74. The van der Waals surface area contributed by atoms with Crippen molar-refractivity contribution >= 4 is 6.03 Å². The third-order valence-electron chi connectivity index (χ3n) is 5.15. The summed E-state index contributed by atoms with van der Waals surface area (Å²) >= 11 is 0. The molecule has 5 heteroatoms. The molecule has 2 heterocycles. The Morgan fingerprint density at radius 2 is 2.27 bits per heavy atom. The third-order valence-corrected chi connectivity index (χ3v) is 5.15. The SMILES string of the molecule is CC(NC(=O)NCc1ccco1)C1CCCN(C2CCC2)C1. The lowest BCUT2D eigenvalue weighted by Gasteiger charge is -2.43. The largest absolute Gasteiger partial charge is 0.467 e. The van der Waals surface area contributed by atoms with Gasteiger partial charge in [-0.1, -0.05) is 6.42 Å². The van der Waals surface area contributed by atoms with Crippen LogP contribution < -0.4 is 10.6 Å². The molecule has 2 aliphatic rings. The Hall–Kier alpha value is -1.49. The summed E-state index contributed by atoms with van der Waals surface area (Å²) in [7, 11) is 0. The van der Waals surface area contributed by atoms with E-state index in [1.165, 1.54) is 38.6 Å². The van der Waals surface area contributed by atoms with Crippen LogP contribution in [0.4, 0.5) is 4.79 Å². The number of amides is 2. The molecule has 0 bridgehead atoms. The topological polar surface area (TPSA) is 57.5 Å². The van der Waals surface area contributed by atoms with E-state index in [0.29, 0.717) is 12.5 Å². The van der Waals surface area contributed by atoms with Crippen LogP contribution in [0.15, 0.2) is 22.8 Å². The van der Waals surface area contributed by atoms with Crippen molar-refractivity contribution in [1.82, 2.24) is 15.5 Å². The number of likely N-dealkylation sites (tertiary alicyclic amines) is 1. The van der Waals surface area contributed by atoms with Crippen LogP contribution >= 0.6 is 0 Å². The van der Waals surface area contributed by atoms with Gasteiger partial charge in [0, 0.05) is 18.6 Å². The monoisotopic (exact) mass is 305 g/mol. The van der Waals surface area contributed by atoms with Crippen LogP contribution in [0.25, 0.3) is 0 Å². The van der Waals surface area contributed by atoms with Gasteiger partial charge in [0.1, 0.15) is 5.76 Å². The molecular formula is C17H27N3O2. The standard InChI is InChI=1S/C17H27N3O2/c1-13(19-17(21)18-11-16-8-4-10-22-16)14-5-3-9-20(12-14)15-6-2-7-15/h4,8,10,13-15H,2-3,5-7,9,11-12H2,1H3,(H2,18,19,21). The summed E-state index contributed by atoms with van der Waals surface area (Å²) in [6, 6.07) is 4.60. The number of urea groups is 1. The Bertz CT molecular complexity index is 470. The van der Waals surface area contributed by atoms with Gasteiger partial charge in [0.15, 0.2) is 0 Å². The number of furan rings is 1. The van der Waals surface area contributed by atoms with Gasteiger partial charge < -0.3 is 20.0 Å². The van der Waals surface area contributed by atoms with Crippen molar-refractivity contribution in [2.24, 2.45) is 5.92 Å². The quantitative estimate of drug-likeness (QED) is 0.879. The highest BCUT2D eigenvalue weighted by atomic mass is 16.3. The number of hydrogen-bond acceptors (Lipinski definition) is 3. The highest BCUT2D eigenvalue weighted by Crippen LogP contribution is 2.30. The van der Waals surface area contributed by atoms with Gasteiger partial charge in [0.25, 0.3) is 0 Å². The molecule has 1 aliphatic heterocycles. The first-order valence-electron chi connectivity index (χ1n) is 8.53. The Balaban J connectivity index is 1.42. The van der Waals surface area contributed by atoms with Gasteiger partial charge in [-0.3, -0.25) is 0 Å². The third kappa shape index (κ3) is 3.83. The fourth-order valence-corrected chi connectivity index (χ4v) is 3.49. The molecule has 3 rings (SSSR count). The van der Waals surface area contributed by atoms with Gasteiger partial charge in [0.2, 0.25) is 0 Å². The lowest BCUT2D eigenvalue weighted by Crippen LogP contribution is -2.52. The van der Waals surface area contributed by atoms with Crippen molar-refractivity contribution in [3.63, 3.8) is 0 Å². The summed E-state index contributed by atoms with van der Waals surface area (Å²) in [5, 5.41) is 5.94. The van der Waals surface area contributed by atoms with E-state index >= 15 is 0 Å². The van der Waals surface area contributed by atoms with E-state index in [2.05, 4.69) is 22.5 Å². The molecule has 0 aromatic carbocycles. The fourth-order valence-electron chi connectivity index (χ4n) is 3.49. The minimum absolute atomic E-state index is 0.107. The summed E-state index contributed by atoms with van der Waals surface area (Å²) in [4.78, 5) is 14.6. The first kappa shape index (κ1) is 15.4. The molecule has 2 N–H and O–H groups in total. The van der Waals surface area contributed by atoms with Crippen molar-refractivity contribution < 1.29 is 9.21 Å². The van der Waals surface area contributed by atoms with Gasteiger partial charge in [-0.2, -0.15) is 0 Å². The normalized spacial score (nSPS) is 24.5. The second-order valence-corrected chi connectivity index (χ2v) is 6.68. The molecule has 1 aromatic heterocycles. The van der Waals surface area contributed by atoms with Crippen LogP contribution in [0.5, 0.6) is 0 Å². The minimum atomic E-state index is -0.107. The molecule has 2 fully saturated rings. The first-order chi connectivity index (χ1) is 10.7. The van der Waals surface area contributed by atoms with Crippen molar-refractivity contribution in [2.75, 3.05) is 13.1 Å². The molecule has 2 atom stereocenters. The van der Waals surface area contributed by atoms with Crippen LogP contribution in [-0.2, 0) is 6.54 Å². The van der Waals surface area contributed by atoms with E-state index in [-0.39, 0.29) is 12.1 Å². The summed E-state index contributed by atoms with van der Waals surface area (Å²) in [5.74, 6) is 1.33. The number of carbonyl (C=O) groups is 1. The zero-order chi connectivity index (χ0) is 15.4. The van der Waals surface area contributed by atoms with Gasteiger partial charge in [-0.25, -0.2) is 4.79 Å². The van der Waals surface area contributed by atoms with Gasteiger partial charge in [-0.05, 0) is 57.2 Å². The summed E-state index contributed by atoms with van der Waals surface area (Å²) in [5.41, 5.74) is 0. The van der Waals surface area contributed by atoms with Crippen molar-refractivity contribution in [3.05, 3.63) is 24.2 Å². The average Bonchev–Trinajstić information content (AvgIpc) is 2.97. The average molecular weight is 305 g/mol. The Morgan fingerprint density at radius 3 is 2.95 bits per heavy atom. The van der Waals surface area contributed by atoms with Crippen LogP contribution in [0.1, 0.15) is 44.8 Å². The highest BCUT2D eigenvalue weighted by Gasteiger charge is 2.31. The van der Waals surface area contributed by atoms with Gasteiger partial charge >= 0.3 is 6.03 Å². The summed E-state index contributed by atoms with van der Waals surface area (Å²) in [6.07, 6.45) is 8.18. The molecule has 1 aromatic rings. The van der Waals surface area contributed by atoms with E-state index in [0.717, 1.165) is 18.3 Å². The molecule has 22 heavy (non-hydrogen) atoms. The van der Waals surface area contributed by atoms with Crippen LogP contribution in [0.3, 0.4) is 0 Å². The summed E-state index contributed by atoms with van der Waals surface area (Å²) in [6.45, 7) is 4.93. The van der Waals surface area contributed by atoms with Gasteiger partial charge in [0.05, 0.1) is 12.8 Å². The van der Waals surface area contributed by atoms with Crippen LogP contribution in [0.2, 0.25) is 0 Å². The Morgan fingerprint density at radius 1 is 1.41 bits per heavy atom. The van der Waals surface area contributed by atoms with Crippen molar-refractivity contribution in [3.8, 4) is 0 Å². The molecule has 1 aliphatic carbocycles. The number of rotatable bonds is 5. The number of carbonyl (C=O) groups excluding carboxylic acids is 1. The van der Waals surface area contributed by atoms with Crippen LogP contribution in [-0.4, -0.2) is 36.1 Å². The molecule has 122 valence electrons. The van der Waals surface area contributed by atoms with Crippen LogP contribution in [0, 0.1) is 5.92 Å². The molecular weight excluding hydrogens is 278 g/mol. The second kappa shape index (κ2) is 7.18. The number of nitrogens with zero attached hydrogens (tertiary/aromatic N) is 1. The Labute approximate surface area is 132 Å². The molecule has 2 amide bonds. The lowest BCUT2D eigenvalue weighted by atomic mass is 9.86. The predicted octanol–water partition coefficient (Wildman–Crippen LogP) is 2.73. The van der Waals surface area contributed by atoms with E-state index < -0.39 is 0 Å². The molecule has 5 nitrogen and oxygen atoms in total.